The molecule has 1 spiro atoms. The molecule has 2 aromatic rings. The minimum Gasteiger partial charge on any atom is -0.460 e. The van der Waals surface area contributed by atoms with Gasteiger partial charge in [0.15, 0.2) is 0 Å². The summed E-state index contributed by atoms with van der Waals surface area (Å²) in [6.45, 7) is 2.04. The van der Waals surface area contributed by atoms with Crippen LogP contribution in [0.15, 0.2) is 43.0 Å². The van der Waals surface area contributed by atoms with Crippen molar-refractivity contribution in [3.63, 3.8) is 0 Å². The monoisotopic (exact) mass is 354 g/mol. The minimum atomic E-state index is -0.216. The van der Waals surface area contributed by atoms with E-state index in [9.17, 15) is 4.79 Å². The van der Waals surface area contributed by atoms with Gasteiger partial charge in [0, 0.05) is 56.3 Å². The highest BCUT2D eigenvalue weighted by molar-refractivity contribution is 5.94. The fourth-order valence-electron chi connectivity index (χ4n) is 3.72. The van der Waals surface area contributed by atoms with Crippen molar-refractivity contribution < 1.29 is 14.3 Å². The maximum absolute atomic E-state index is 12.6. The van der Waals surface area contributed by atoms with Crippen LogP contribution in [0.4, 0.5) is 0 Å². The zero-order valence-electron chi connectivity index (χ0n) is 14.6. The highest BCUT2D eigenvalue weighted by Gasteiger charge is 2.42. The van der Waals surface area contributed by atoms with E-state index < -0.39 is 0 Å². The SMILES string of the molecule is O=C(c1ccncc1)N1CCC2(CC1)CC(Oc1ncccn1)CCO2. The number of ether oxygens (including phenoxy) is 2. The van der Waals surface area contributed by atoms with Crippen LogP contribution in [0.5, 0.6) is 6.01 Å². The Morgan fingerprint density at radius 3 is 2.62 bits per heavy atom. The van der Waals surface area contributed by atoms with Gasteiger partial charge < -0.3 is 14.4 Å². The maximum Gasteiger partial charge on any atom is 0.316 e. The fraction of sp³-hybridized carbons (Fsp3) is 0.474. The van der Waals surface area contributed by atoms with Crippen molar-refractivity contribution in [2.45, 2.75) is 37.4 Å². The molecule has 4 rings (SSSR count). The lowest BCUT2D eigenvalue weighted by molar-refractivity contribution is -0.136. The van der Waals surface area contributed by atoms with E-state index in [1.54, 1.807) is 43.0 Å². The van der Waals surface area contributed by atoms with E-state index in [1.807, 2.05) is 4.90 Å². The summed E-state index contributed by atoms with van der Waals surface area (Å²) in [7, 11) is 0. The number of amides is 1. The van der Waals surface area contributed by atoms with E-state index in [0.717, 1.165) is 25.7 Å². The van der Waals surface area contributed by atoms with Gasteiger partial charge in [-0.1, -0.05) is 0 Å². The first-order valence-corrected chi connectivity index (χ1v) is 9.01. The molecule has 1 atom stereocenters. The fourth-order valence-corrected chi connectivity index (χ4v) is 3.72. The summed E-state index contributed by atoms with van der Waals surface area (Å²) in [5.74, 6) is 0.0588. The Balaban J connectivity index is 1.36. The Morgan fingerprint density at radius 1 is 1.15 bits per heavy atom. The number of piperidine rings is 1. The van der Waals surface area contributed by atoms with Gasteiger partial charge in [-0.3, -0.25) is 9.78 Å². The Labute approximate surface area is 152 Å². The van der Waals surface area contributed by atoms with E-state index in [1.165, 1.54) is 0 Å². The van der Waals surface area contributed by atoms with Crippen LogP contribution < -0.4 is 4.74 Å². The predicted molar refractivity (Wildman–Crippen MR) is 93.7 cm³/mol. The van der Waals surface area contributed by atoms with Gasteiger partial charge in [0.25, 0.3) is 5.91 Å². The summed E-state index contributed by atoms with van der Waals surface area (Å²) in [6.07, 6.45) is 9.99. The number of likely N-dealkylation sites (tertiary alicyclic amines) is 1. The second kappa shape index (κ2) is 7.37. The summed E-state index contributed by atoms with van der Waals surface area (Å²) in [5, 5.41) is 0. The molecule has 2 aliphatic heterocycles. The molecular weight excluding hydrogens is 332 g/mol. The first kappa shape index (κ1) is 16.9. The highest BCUT2D eigenvalue weighted by Crippen LogP contribution is 2.36. The topological polar surface area (TPSA) is 77.4 Å². The quantitative estimate of drug-likeness (QED) is 0.840. The van der Waals surface area contributed by atoms with Crippen molar-refractivity contribution in [3.8, 4) is 6.01 Å². The van der Waals surface area contributed by atoms with Crippen LogP contribution >= 0.6 is 0 Å². The molecule has 2 aromatic heterocycles. The van der Waals surface area contributed by atoms with Crippen LogP contribution in [0, 0.1) is 0 Å². The molecule has 2 aliphatic rings. The molecule has 136 valence electrons. The van der Waals surface area contributed by atoms with Gasteiger partial charge in [0.1, 0.15) is 6.10 Å². The lowest BCUT2D eigenvalue weighted by Gasteiger charge is -2.45. The standard InChI is InChI=1S/C19H22N4O3/c24-17(15-2-9-20-10-3-15)23-11-5-19(6-12-23)14-16(4-13-25-19)26-18-21-7-1-8-22-18/h1-3,7-10,16H,4-6,11-14H2. The molecule has 0 aromatic carbocycles. The molecular formula is C19H22N4O3. The van der Waals surface area contributed by atoms with Crippen molar-refractivity contribution >= 4 is 5.91 Å². The Hall–Kier alpha value is -2.54. The number of pyridine rings is 1. The summed E-state index contributed by atoms with van der Waals surface area (Å²) in [4.78, 5) is 26.7. The van der Waals surface area contributed by atoms with Gasteiger partial charge in [-0.15, -0.1) is 0 Å². The lowest BCUT2D eigenvalue weighted by Crippen LogP contribution is -2.52. The van der Waals surface area contributed by atoms with Crippen molar-refractivity contribution in [1.29, 1.82) is 0 Å². The first-order chi connectivity index (χ1) is 12.7. The summed E-state index contributed by atoms with van der Waals surface area (Å²) < 4.78 is 12.1. The van der Waals surface area contributed by atoms with Crippen LogP contribution in [0.3, 0.4) is 0 Å². The van der Waals surface area contributed by atoms with Crippen LogP contribution in [0.25, 0.3) is 0 Å². The van der Waals surface area contributed by atoms with Crippen LogP contribution in [0.2, 0.25) is 0 Å². The van der Waals surface area contributed by atoms with Gasteiger partial charge in [-0.05, 0) is 31.0 Å². The molecule has 2 fully saturated rings. The molecule has 0 radical (unpaired) electrons. The van der Waals surface area contributed by atoms with E-state index in [2.05, 4.69) is 15.0 Å². The Bertz CT molecular complexity index is 733. The zero-order chi connectivity index (χ0) is 17.8. The van der Waals surface area contributed by atoms with Crippen molar-refractivity contribution in [3.05, 3.63) is 48.5 Å². The maximum atomic E-state index is 12.6. The summed E-state index contributed by atoms with van der Waals surface area (Å²) in [6, 6.07) is 5.70. The van der Waals surface area contributed by atoms with E-state index in [-0.39, 0.29) is 17.6 Å². The van der Waals surface area contributed by atoms with Gasteiger partial charge >= 0.3 is 6.01 Å². The number of carbonyl (C=O) groups excluding carboxylic acids is 1. The number of aromatic nitrogens is 3. The van der Waals surface area contributed by atoms with Crippen molar-refractivity contribution in [2.75, 3.05) is 19.7 Å². The molecule has 0 saturated carbocycles. The largest absolute Gasteiger partial charge is 0.460 e. The summed E-state index contributed by atoms with van der Waals surface area (Å²) in [5.41, 5.74) is 0.468. The first-order valence-electron chi connectivity index (χ1n) is 9.01. The highest BCUT2D eigenvalue weighted by atomic mass is 16.5. The lowest BCUT2D eigenvalue weighted by atomic mass is 9.83. The average molecular weight is 354 g/mol. The average Bonchev–Trinajstić information content (AvgIpc) is 2.70. The second-order valence-electron chi connectivity index (χ2n) is 6.82. The van der Waals surface area contributed by atoms with Gasteiger partial charge in [0.2, 0.25) is 0 Å². The number of hydrogen-bond donors (Lipinski definition) is 0. The smallest absolute Gasteiger partial charge is 0.316 e. The van der Waals surface area contributed by atoms with Gasteiger partial charge in [0.05, 0.1) is 12.2 Å². The van der Waals surface area contributed by atoms with Gasteiger partial charge in [-0.2, -0.15) is 0 Å². The molecule has 0 aliphatic carbocycles. The Kier molecular flexibility index (Phi) is 4.79. The minimum absolute atomic E-state index is 0.0496. The van der Waals surface area contributed by atoms with Gasteiger partial charge in [-0.25, -0.2) is 9.97 Å². The molecule has 2 saturated heterocycles. The number of rotatable bonds is 3. The third kappa shape index (κ3) is 3.67. The number of nitrogens with zero attached hydrogens (tertiary/aromatic N) is 4. The predicted octanol–water partition coefficient (Wildman–Crippen LogP) is 2.10. The van der Waals surface area contributed by atoms with Crippen molar-refractivity contribution in [1.82, 2.24) is 19.9 Å². The molecule has 1 amide bonds. The molecule has 1 unspecified atom stereocenters. The van der Waals surface area contributed by atoms with Crippen molar-refractivity contribution in [2.24, 2.45) is 0 Å². The van der Waals surface area contributed by atoms with Crippen LogP contribution in [-0.4, -0.2) is 57.2 Å². The molecule has 7 heteroatoms. The van der Waals surface area contributed by atoms with E-state index in [4.69, 9.17) is 9.47 Å². The van der Waals surface area contributed by atoms with E-state index in [0.29, 0.717) is 31.3 Å². The second-order valence-corrected chi connectivity index (χ2v) is 6.82. The number of hydrogen-bond acceptors (Lipinski definition) is 6. The Morgan fingerprint density at radius 2 is 1.88 bits per heavy atom. The number of carbonyl (C=O) groups is 1. The van der Waals surface area contributed by atoms with E-state index >= 15 is 0 Å². The molecule has 26 heavy (non-hydrogen) atoms. The molecule has 0 bridgehead atoms. The molecule has 4 heterocycles. The normalized spacial score (nSPS) is 22.2. The van der Waals surface area contributed by atoms with Crippen LogP contribution in [0.1, 0.15) is 36.0 Å². The third-order valence-corrected chi connectivity index (χ3v) is 5.15. The molecule has 0 N–H and O–H groups in total. The third-order valence-electron chi connectivity index (χ3n) is 5.15. The zero-order valence-corrected chi connectivity index (χ0v) is 14.6. The molecule has 7 nitrogen and oxygen atoms in total. The van der Waals surface area contributed by atoms with Crippen LogP contribution in [-0.2, 0) is 4.74 Å². The summed E-state index contributed by atoms with van der Waals surface area (Å²) >= 11 is 0.